The highest BCUT2D eigenvalue weighted by atomic mass is 16.5. The summed E-state index contributed by atoms with van der Waals surface area (Å²) < 4.78 is 16.7. The highest BCUT2D eigenvalue weighted by molar-refractivity contribution is 5.80. The van der Waals surface area contributed by atoms with Crippen molar-refractivity contribution in [1.29, 1.82) is 0 Å². The van der Waals surface area contributed by atoms with E-state index in [9.17, 15) is 0 Å². The molecule has 1 N–H and O–H groups in total. The molecule has 1 aromatic carbocycles. The zero-order valence-electron chi connectivity index (χ0n) is 18.1. The lowest BCUT2D eigenvalue weighted by Crippen LogP contribution is -2.68. The van der Waals surface area contributed by atoms with Gasteiger partial charge in [-0.3, -0.25) is 4.99 Å². The Labute approximate surface area is 169 Å². The number of hydrogen-bond donors (Lipinski definition) is 1. The van der Waals surface area contributed by atoms with Crippen molar-refractivity contribution in [2.75, 3.05) is 41.0 Å². The van der Waals surface area contributed by atoms with E-state index in [0.717, 1.165) is 50.0 Å². The molecule has 156 valence electrons. The normalized spacial score (nSPS) is 25.6. The van der Waals surface area contributed by atoms with Crippen LogP contribution in [0.1, 0.15) is 32.8 Å². The van der Waals surface area contributed by atoms with Crippen molar-refractivity contribution in [2.45, 2.75) is 45.8 Å². The smallest absolute Gasteiger partial charge is 0.193 e. The number of rotatable bonds is 7. The second-order valence-corrected chi connectivity index (χ2v) is 8.35. The van der Waals surface area contributed by atoms with E-state index < -0.39 is 0 Å². The highest BCUT2D eigenvalue weighted by Crippen LogP contribution is 2.52. The predicted molar refractivity (Wildman–Crippen MR) is 112 cm³/mol. The minimum absolute atomic E-state index is 0.139. The van der Waals surface area contributed by atoms with E-state index in [4.69, 9.17) is 19.2 Å². The highest BCUT2D eigenvalue weighted by Gasteiger charge is 2.59. The molecule has 0 radical (unpaired) electrons. The molecule has 2 fully saturated rings. The largest absolute Gasteiger partial charge is 0.493 e. The molecule has 2 aliphatic rings. The van der Waals surface area contributed by atoms with Crippen LogP contribution in [-0.2, 0) is 11.2 Å². The van der Waals surface area contributed by atoms with Crippen molar-refractivity contribution in [3.63, 3.8) is 0 Å². The molecule has 28 heavy (non-hydrogen) atoms. The standard InChI is InChI=1S/C22H35N3O3/c1-7-23-21(24-19-16-11-13-28-20(16)22(19,2)3)25(4)12-10-15-8-9-17(26-5)18(14-15)27-6/h8-9,14,16,19-20H,7,10-13H2,1-6H3,(H,23,24). The topological polar surface area (TPSA) is 55.3 Å². The van der Waals surface area contributed by atoms with Crippen molar-refractivity contribution in [2.24, 2.45) is 16.3 Å². The van der Waals surface area contributed by atoms with Gasteiger partial charge in [-0.15, -0.1) is 0 Å². The first-order chi connectivity index (χ1) is 13.4. The number of nitrogens with one attached hydrogen (secondary N) is 1. The van der Waals surface area contributed by atoms with Gasteiger partial charge in [-0.1, -0.05) is 19.9 Å². The minimum atomic E-state index is 0.139. The summed E-state index contributed by atoms with van der Waals surface area (Å²) in [5, 5.41) is 3.74. The molecule has 1 aliphatic heterocycles. The van der Waals surface area contributed by atoms with Crippen LogP contribution in [0.15, 0.2) is 23.2 Å². The van der Waals surface area contributed by atoms with E-state index in [-0.39, 0.29) is 5.41 Å². The summed E-state index contributed by atoms with van der Waals surface area (Å²) in [5.74, 6) is 3.10. The fraction of sp³-hybridized carbons (Fsp3) is 0.682. The van der Waals surface area contributed by atoms with E-state index in [1.165, 1.54) is 5.56 Å². The van der Waals surface area contributed by atoms with Gasteiger partial charge in [0, 0.05) is 44.1 Å². The molecule has 1 saturated heterocycles. The average Bonchev–Trinajstić information content (AvgIpc) is 3.16. The molecule has 1 aliphatic carbocycles. The number of likely N-dealkylation sites (N-methyl/N-ethyl adjacent to an activating group) is 1. The van der Waals surface area contributed by atoms with E-state index in [1.807, 2.05) is 12.1 Å². The summed E-state index contributed by atoms with van der Waals surface area (Å²) in [4.78, 5) is 6.97. The predicted octanol–water partition coefficient (Wildman–Crippen LogP) is 2.96. The van der Waals surface area contributed by atoms with Crippen molar-refractivity contribution in [3.05, 3.63) is 23.8 Å². The molecular formula is C22H35N3O3. The quantitative estimate of drug-likeness (QED) is 0.574. The number of hydrogen-bond acceptors (Lipinski definition) is 4. The fourth-order valence-corrected chi connectivity index (χ4v) is 4.62. The van der Waals surface area contributed by atoms with Crippen molar-refractivity contribution in [3.8, 4) is 11.5 Å². The first kappa shape index (κ1) is 20.8. The summed E-state index contributed by atoms with van der Waals surface area (Å²) >= 11 is 0. The molecule has 1 heterocycles. The number of aliphatic imine (C=N–C) groups is 1. The van der Waals surface area contributed by atoms with Gasteiger partial charge in [-0.05, 0) is 37.5 Å². The van der Waals surface area contributed by atoms with Crippen molar-refractivity contribution >= 4 is 5.96 Å². The monoisotopic (exact) mass is 389 g/mol. The second-order valence-electron chi connectivity index (χ2n) is 8.35. The van der Waals surface area contributed by atoms with Crippen molar-refractivity contribution in [1.82, 2.24) is 10.2 Å². The molecular weight excluding hydrogens is 354 g/mol. The summed E-state index contributed by atoms with van der Waals surface area (Å²) in [6, 6.07) is 6.51. The summed E-state index contributed by atoms with van der Waals surface area (Å²) in [6.45, 7) is 9.19. The second kappa shape index (κ2) is 8.60. The third kappa shape index (κ3) is 3.93. The number of guanidine groups is 1. The Kier molecular flexibility index (Phi) is 6.38. The molecule has 3 atom stereocenters. The molecule has 6 nitrogen and oxygen atoms in total. The molecule has 0 aromatic heterocycles. The lowest BCUT2D eigenvalue weighted by atomic mass is 9.57. The minimum Gasteiger partial charge on any atom is -0.493 e. The third-order valence-corrected chi connectivity index (χ3v) is 6.24. The van der Waals surface area contributed by atoms with E-state index in [0.29, 0.717) is 18.1 Å². The Hall–Kier alpha value is -1.95. The zero-order chi connectivity index (χ0) is 20.3. The molecule has 1 aromatic rings. The summed E-state index contributed by atoms with van der Waals surface area (Å²) in [5.41, 5.74) is 1.36. The van der Waals surface area contributed by atoms with Gasteiger partial charge in [-0.25, -0.2) is 0 Å². The van der Waals surface area contributed by atoms with Gasteiger partial charge in [0.05, 0.1) is 20.3 Å². The van der Waals surface area contributed by atoms with Crippen LogP contribution in [0, 0.1) is 11.3 Å². The Morgan fingerprint density at radius 3 is 2.71 bits per heavy atom. The Bertz CT molecular complexity index is 704. The first-order valence-corrected chi connectivity index (χ1v) is 10.3. The van der Waals surface area contributed by atoms with Crippen LogP contribution in [0.3, 0.4) is 0 Å². The van der Waals surface area contributed by atoms with Crippen LogP contribution < -0.4 is 14.8 Å². The number of ether oxygens (including phenoxy) is 3. The van der Waals surface area contributed by atoms with Crippen LogP contribution in [0.5, 0.6) is 11.5 Å². The van der Waals surface area contributed by atoms with Gasteiger partial charge in [0.1, 0.15) is 0 Å². The first-order valence-electron chi connectivity index (χ1n) is 10.3. The van der Waals surface area contributed by atoms with Gasteiger partial charge in [0.25, 0.3) is 0 Å². The molecule has 1 saturated carbocycles. The van der Waals surface area contributed by atoms with E-state index >= 15 is 0 Å². The molecule has 6 heteroatoms. The van der Waals surface area contributed by atoms with Crippen LogP contribution in [0.2, 0.25) is 0 Å². The lowest BCUT2D eigenvalue weighted by Gasteiger charge is -2.55. The van der Waals surface area contributed by atoms with Crippen LogP contribution in [0.25, 0.3) is 0 Å². The van der Waals surface area contributed by atoms with Crippen LogP contribution in [-0.4, -0.2) is 64.0 Å². The van der Waals surface area contributed by atoms with Crippen molar-refractivity contribution < 1.29 is 14.2 Å². The van der Waals surface area contributed by atoms with E-state index in [1.54, 1.807) is 14.2 Å². The maximum atomic E-state index is 5.93. The van der Waals surface area contributed by atoms with Crippen LogP contribution >= 0.6 is 0 Å². The Balaban J connectivity index is 1.62. The Morgan fingerprint density at radius 1 is 1.29 bits per heavy atom. The molecule has 0 bridgehead atoms. The van der Waals surface area contributed by atoms with Gasteiger partial charge in [0.2, 0.25) is 0 Å². The number of benzene rings is 1. The maximum Gasteiger partial charge on any atom is 0.193 e. The van der Waals surface area contributed by atoms with Gasteiger partial charge in [0.15, 0.2) is 17.5 Å². The van der Waals surface area contributed by atoms with E-state index in [2.05, 4.69) is 44.1 Å². The SMILES string of the molecule is CCN=C(NC1C2CCOC2C1(C)C)N(C)CCc1ccc(OC)c(OC)c1. The van der Waals surface area contributed by atoms with Crippen LogP contribution in [0.4, 0.5) is 0 Å². The number of nitrogens with zero attached hydrogens (tertiary/aromatic N) is 2. The average molecular weight is 390 g/mol. The number of fused-ring (bicyclic) bond motifs is 1. The zero-order valence-corrected chi connectivity index (χ0v) is 18.1. The molecule has 0 spiro atoms. The van der Waals surface area contributed by atoms with Gasteiger partial charge in [-0.2, -0.15) is 0 Å². The maximum absolute atomic E-state index is 5.93. The summed E-state index contributed by atoms with van der Waals surface area (Å²) in [6.07, 6.45) is 2.43. The van der Waals surface area contributed by atoms with Gasteiger partial charge < -0.3 is 24.4 Å². The molecule has 3 unspecified atom stereocenters. The molecule has 0 amide bonds. The third-order valence-electron chi connectivity index (χ3n) is 6.24. The summed E-state index contributed by atoms with van der Waals surface area (Å²) in [7, 11) is 5.44. The Morgan fingerprint density at radius 2 is 2.04 bits per heavy atom. The molecule has 3 rings (SSSR count). The number of methoxy groups -OCH3 is 2. The fourth-order valence-electron chi connectivity index (χ4n) is 4.62. The van der Waals surface area contributed by atoms with Gasteiger partial charge >= 0.3 is 0 Å². The lowest BCUT2D eigenvalue weighted by molar-refractivity contribution is -0.107.